The van der Waals surface area contributed by atoms with Gasteiger partial charge in [-0.15, -0.1) is 11.8 Å². The van der Waals surface area contributed by atoms with Crippen molar-refractivity contribution in [1.29, 1.82) is 0 Å². The van der Waals surface area contributed by atoms with Crippen LogP contribution in [0.3, 0.4) is 0 Å². The van der Waals surface area contributed by atoms with Crippen LogP contribution in [0.5, 0.6) is 5.75 Å². The zero-order chi connectivity index (χ0) is 17.3. The van der Waals surface area contributed by atoms with E-state index in [9.17, 15) is 4.79 Å². The molecule has 1 heterocycles. The fourth-order valence-corrected chi connectivity index (χ4v) is 3.57. The number of hydrogen-bond donors (Lipinski definition) is 0. The Morgan fingerprint density at radius 3 is 2.75 bits per heavy atom. The molecule has 7 heteroatoms. The predicted molar refractivity (Wildman–Crippen MR) is 99.9 cm³/mol. The highest BCUT2D eigenvalue weighted by molar-refractivity contribution is 7.98. The second kappa shape index (κ2) is 7.05. The van der Waals surface area contributed by atoms with E-state index in [1.165, 1.54) is 10.9 Å². The average molecular weight is 381 g/mol. The minimum Gasteiger partial charge on any atom is -0.496 e. The van der Waals surface area contributed by atoms with Gasteiger partial charge in [-0.25, -0.2) is 4.98 Å². The van der Waals surface area contributed by atoms with Gasteiger partial charge in [0.1, 0.15) is 5.75 Å². The molecule has 0 N–H and O–H groups in total. The number of nitrogens with zero attached hydrogens (tertiary/aromatic N) is 2. The molecule has 0 amide bonds. The highest BCUT2D eigenvalue weighted by atomic mass is 35.5. The third-order valence-electron chi connectivity index (χ3n) is 3.65. The number of benzene rings is 2. The van der Waals surface area contributed by atoms with Gasteiger partial charge in [-0.3, -0.25) is 9.36 Å². The van der Waals surface area contributed by atoms with E-state index in [0.717, 1.165) is 16.2 Å². The molecule has 0 atom stereocenters. The van der Waals surface area contributed by atoms with Crippen LogP contribution in [0.4, 0.5) is 0 Å². The van der Waals surface area contributed by atoms with E-state index >= 15 is 0 Å². The van der Waals surface area contributed by atoms with Crippen LogP contribution in [0.1, 0.15) is 5.56 Å². The number of methoxy groups -OCH3 is 1. The van der Waals surface area contributed by atoms with Gasteiger partial charge in [0, 0.05) is 9.92 Å². The number of aromatic nitrogens is 2. The molecule has 0 aliphatic rings. The van der Waals surface area contributed by atoms with Crippen LogP contribution in [0, 0.1) is 0 Å². The van der Waals surface area contributed by atoms with E-state index in [4.69, 9.17) is 27.9 Å². The van der Waals surface area contributed by atoms with Gasteiger partial charge in [0.05, 0.1) is 35.9 Å². The lowest BCUT2D eigenvalue weighted by molar-refractivity contribution is 0.404. The van der Waals surface area contributed by atoms with Crippen molar-refractivity contribution in [2.24, 2.45) is 0 Å². The van der Waals surface area contributed by atoms with Crippen molar-refractivity contribution in [1.82, 2.24) is 9.55 Å². The molecular formula is C17H14Cl2N2O2S. The second-order valence-electron chi connectivity index (χ2n) is 5.15. The fraction of sp³-hybridized carbons (Fsp3) is 0.176. The molecule has 0 spiro atoms. The van der Waals surface area contributed by atoms with Crippen LogP contribution >= 0.6 is 35.0 Å². The normalized spacial score (nSPS) is 11.0. The first-order valence-corrected chi connectivity index (χ1v) is 9.06. The highest BCUT2D eigenvalue weighted by Gasteiger charge is 2.10. The van der Waals surface area contributed by atoms with Gasteiger partial charge in [-0.1, -0.05) is 29.3 Å². The van der Waals surface area contributed by atoms with Gasteiger partial charge in [-0.2, -0.15) is 0 Å². The lowest BCUT2D eigenvalue weighted by Crippen LogP contribution is -2.21. The second-order valence-corrected chi connectivity index (χ2v) is 6.84. The van der Waals surface area contributed by atoms with Crippen molar-refractivity contribution in [3.8, 4) is 5.75 Å². The summed E-state index contributed by atoms with van der Waals surface area (Å²) in [4.78, 5) is 18.0. The zero-order valence-electron chi connectivity index (χ0n) is 13.0. The number of rotatable bonds is 4. The lowest BCUT2D eigenvalue weighted by Gasteiger charge is -2.11. The third kappa shape index (κ3) is 3.24. The monoisotopic (exact) mass is 380 g/mol. The highest BCUT2D eigenvalue weighted by Crippen LogP contribution is 2.28. The Balaban J connectivity index is 2.05. The molecule has 3 rings (SSSR count). The molecule has 0 unspecified atom stereocenters. The standard InChI is InChI=1S/C17H14Cl2N2O2S/c1-23-14-5-10(3-4-15(14)24-2)8-21-9-20-16-12(17(21)22)6-11(18)7-13(16)19/h3-7,9H,8H2,1-2H3. The molecule has 124 valence electrons. The number of halogens is 2. The molecule has 0 aliphatic carbocycles. The first-order valence-electron chi connectivity index (χ1n) is 7.08. The van der Waals surface area contributed by atoms with Crippen molar-refractivity contribution in [2.45, 2.75) is 11.4 Å². The topological polar surface area (TPSA) is 44.1 Å². The quantitative estimate of drug-likeness (QED) is 0.625. The first kappa shape index (κ1) is 17.1. The average Bonchev–Trinajstić information content (AvgIpc) is 2.57. The van der Waals surface area contributed by atoms with Crippen molar-refractivity contribution in [3.63, 3.8) is 0 Å². The summed E-state index contributed by atoms with van der Waals surface area (Å²) in [7, 11) is 1.63. The minimum absolute atomic E-state index is 0.183. The van der Waals surface area contributed by atoms with Crippen LogP contribution in [-0.4, -0.2) is 22.9 Å². The van der Waals surface area contributed by atoms with Crippen molar-refractivity contribution in [3.05, 3.63) is 62.6 Å². The first-order chi connectivity index (χ1) is 11.5. The summed E-state index contributed by atoms with van der Waals surface area (Å²) >= 11 is 13.7. The molecule has 1 aromatic heterocycles. The molecule has 2 aromatic carbocycles. The number of hydrogen-bond acceptors (Lipinski definition) is 4. The molecule has 0 saturated heterocycles. The Morgan fingerprint density at radius 1 is 1.25 bits per heavy atom. The maximum Gasteiger partial charge on any atom is 0.261 e. The van der Waals surface area contributed by atoms with E-state index in [1.54, 1.807) is 31.0 Å². The number of thioether (sulfide) groups is 1. The maximum absolute atomic E-state index is 12.7. The molecule has 4 nitrogen and oxygen atoms in total. The van der Waals surface area contributed by atoms with Gasteiger partial charge in [-0.05, 0) is 36.1 Å². The molecule has 24 heavy (non-hydrogen) atoms. The van der Waals surface area contributed by atoms with Gasteiger partial charge < -0.3 is 4.74 Å². The van der Waals surface area contributed by atoms with Crippen molar-refractivity contribution >= 4 is 45.9 Å². The zero-order valence-corrected chi connectivity index (χ0v) is 15.4. The summed E-state index contributed by atoms with van der Waals surface area (Å²) in [5.74, 6) is 0.785. The molecule has 0 aliphatic heterocycles. The SMILES string of the molecule is COc1cc(Cn2cnc3c(Cl)cc(Cl)cc3c2=O)ccc1SC. The fourth-order valence-electron chi connectivity index (χ4n) is 2.48. The summed E-state index contributed by atoms with van der Waals surface area (Å²) in [6.07, 6.45) is 3.49. The van der Waals surface area contributed by atoms with Gasteiger partial charge >= 0.3 is 0 Å². The number of fused-ring (bicyclic) bond motifs is 1. The van der Waals surface area contributed by atoms with E-state index in [-0.39, 0.29) is 5.56 Å². The lowest BCUT2D eigenvalue weighted by atomic mass is 10.2. The van der Waals surface area contributed by atoms with Crippen LogP contribution < -0.4 is 10.3 Å². The van der Waals surface area contributed by atoms with Crippen molar-refractivity contribution < 1.29 is 4.74 Å². The smallest absolute Gasteiger partial charge is 0.261 e. The van der Waals surface area contributed by atoms with E-state index in [0.29, 0.717) is 27.5 Å². The molecule has 3 aromatic rings. The Labute approximate surface area is 153 Å². The van der Waals surface area contributed by atoms with Gasteiger partial charge in [0.2, 0.25) is 0 Å². The summed E-state index contributed by atoms with van der Waals surface area (Å²) in [5.41, 5.74) is 1.22. The van der Waals surface area contributed by atoms with Crippen LogP contribution in [-0.2, 0) is 6.54 Å². The minimum atomic E-state index is -0.183. The summed E-state index contributed by atoms with van der Waals surface area (Å²) in [6.45, 7) is 0.386. The Bertz CT molecular complexity index is 973. The van der Waals surface area contributed by atoms with E-state index < -0.39 is 0 Å². The van der Waals surface area contributed by atoms with E-state index in [1.807, 2.05) is 24.5 Å². The summed E-state index contributed by atoms with van der Waals surface area (Å²) in [5, 5.41) is 1.19. The van der Waals surface area contributed by atoms with Crippen LogP contribution in [0.15, 0.2) is 46.3 Å². The summed E-state index contributed by atoms with van der Waals surface area (Å²) in [6, 6.07) is 9.04. The molecule has 0 radical (unpaired) electrons. The Hall–Kier alpha value is -1.69. The molecule has 0 fully saturated rings. The third-order valence-corrected chi connectivity index (χ3v) is 4.93. The molecule has 0 bridgehead atoms. The molecule has 0 saturated carbocycles. The van der Waals surface area contributed by atoms with Gasteiger partial charge in [0.15, 0.2) is 0 Å². The maximum atomic E-state index is 12.7. The van der Waals surface area contributed by atoms with Gasteiger partial charge in [0.25, 0.3) is 5.56 Å². The van der Waals surface area contributed by atoms with E-state index in [2.05, 4.69) is 4.98 Å². The Kier molecular flexibility index (Phi) is 5.04. The Morgan fingerprint density at radius 2 is 2.04 bits per heavy atom. The summed E-state index contributed by atoms with van der Waals surface area (Å²) < 4.78 is 6.92. The van der Waals surface area contributed by atoms with Crippen molar-refractivity contribution in [2.75, 3.05) is 13.4 Å². The van der Waals surface area contributed by atoms with Crippen LogP contribution in [0.2, 0.25) is 10.0 Å². The predicted octanol–water partition coefficient (Wildman–Crippen LogP) is 4.48. The molecular weight excluding hydrogens is 367 g/mol. The largest absolute Gasteiger partial charge is 0.496 e. The number of ether oxygens (including phenoxy) is 1. The van der Waals surface area contributed by atoms with Crippen LogP contribution in [0.25, 0.3) is 10.9 Å².